The Hall–Kier alpha value is -3.97. The van der Waals surface area contributed by atoms with Gasteiger partial charge in [0.1, 0.15) is 29.8 Å². The van der Waals surface area contributed by atoms with E-state index in [2.05, 4.69) is 0 Å². The molecular weight excluding hydrogens is 572 g/mol. The first-order chi connectivity index (χ1) is 21.0. The van der Waals surface area contributed by atoms with Gasteiger partial charge in [0.2, 0.25) is 0 Å². The molecule has 3 aromatic rings. The van der Waals surface area contributed by atoms with Crippen LogP contribution in [-0.4, -0.2) is 79.7 Å². The molecule has 1 aliphatic heterocycles. The number of aliphatic hydroxyl groups is 3. The van der Waals surface area contributed by atoms with Gasteiger partial charge in [-0.3, -0.25) is 14.4 Å². The lowest BCUT2D eigenvalue weighted by molar-refractivity contribution is -0.274. The Morgan fingerprint density at radius 1 is 0.977 bits per heavy atom. The van der Waals surface area contributed by atoms with Gasteiger partial charge in [0.25, 0.3) is 0 Å². The van der Waals surface area contributed by atoms with Crippen LogP contribution in [0.3, 0.4) is 0 Å². The number of Topliss-reactive ketones (excluding diaryl/α,β-unsaturated/α-hetero) is 1. The van der Waals surface area contributed by atoms with Gasteiger partial charge in [-0.2, -0.15) is 0 Å². The first-order valence-corrected chi connectivity index (χ1v) is 14.3. The molecule has 6 atom stereocenters. The van der Waals surface area contributed by atoms with Gasteiger partial charge >= 0.3 is 0 Å². The summed E-state index contributed by atoms with van der Waals surface area (Å²) in [4.78, 5) is 39.7. The number of fused-ring (bicyclic) bond motifs is 3. The number of aliphatic hydroxyl groups excluding tert-OH is 2. The normalized spacial score (nSPS) is 27.8. The molecule has 3 aliphatic rings. The third-order valence-corrected chi connectivity index (χ3v) is 8.68. The molecule has 0 saturated carbocycles. The highest BCUT2D eigenvalue weighted by Crippen LogP contribution is 2.52. The van der Waals surface area contributed by atoms with E-state index in [1.807, 2.05) is 30.3 Å². The smallest absolute Gasteiger partial charge is 0.198 e. The fraction of sp³-hybridized carbons (Fsp3) is 0.364. The number of ketones is 3. The van der Waals surface area contributed by atoms with Crippen molar-refractivity contribution in [2.75, 3.05) is 6.61 Å². The van der Waals surface area contributed by atoms with Crippen LogP contribution in [0.2, 0.25) is 0 Å². The van der Waals surface area contributed by atoms with Crippen molar-refractivity contribution < 1.29 is 54.1 Å². The van der Waals surface area contributed by atoms with Crippen LogP contribution >= 0.6 is 0 Å². The third-order valence-electron chi connectivity index (χ3n) is 8.68. The maximum Gasteiger partial charge on any atom is 0.198 e. The van der Waals surface area contributed by atoms with E-state index < -0.39 is 95.7 Å². The largest absolute Gasteiger partial charge is 0.507 e. The zero-order valence-electron chi connectivity index (χ0n) is 23.8. The number of carbonyl (C=O) groups excluding carboxylic acids is 3. The van der Waals surface area contributed by atoms with Crippen LogP contribution in [0.25, 0.3) is 0 Å². The second-order valence-corrected chi connectivity index (χ2v) is 11.5. The lowest BCUT2D eigenvalue weighted by Gasteiger charge is -2.42. The average Bonchev–Trinajstić information content (AvgIpc) is 3.01. The molecule has 0 aromatic heterocycles. The highest BCUT2D eigenvalue weighted by molar-refractivity contribution is 6.30. The summed E-state index contributed by atoms with van der Waals surface area (Å²) in [6.45, 7) is 0.912. The van der Waals surface area contributed by atoms with Crippen LogP contribution in [-0.2, 0) is 32.0 Å². The average molecular weight is 605 g/mol. The first-order valence-electron chi connectivity index (χ1n) is 14.3. The minimum atomic E-state index is -2.25. The number of hydrogen-bond acceptors (Lipinski definition) is 11. The van der Waals surface area contributed by atoms with Crippen LogP contribution in [0.15, 0.2) is 54.6 Å². The Labute approximate surface area is 252 Å². The summed E-state index contributed by atoms with van der Waals surface area (Å²) in [5.41, 5.74) is -2.37. The van der Waals surface area contributed by atoms with E-state index in [1.54, 1.807) is 19.1 Å². The van der Waals surface area contributed by atoms with Crippen LogP contribution in [0.1, 0.15) is 74.4 Å². The summed E-state index contributed by atoms with van der Waals surface area (Å²) in [6.07, 6.45) is -5.96. The second kappa shape index (κ2) is 11.5. The van der Waals surface area contributed by atoms with Crippen molar-refractivity contribution in [3.05, 3.63) is 93.5 Å². The Morgan fingerprint density at radius 3 is 2.20 bits per heavy atom. The number of rotatable bonds is 7. The summed E-state index contributed by atoms with van der Waals surface area (Å²) >= 11 is 0. The number of hydrogen-bond donors (Lipinski definition) is 5. The second-order valence-electron chi connectivity index (χ2n) is 11.5. The summed E-state index contributed by atoms with van der Waals surface area (Å²) in [5.74, 6) is -3.66. The SMILES string of the molecule is CC1OC(O[C@@H]2CC(O)(C(=O)CO)Cc3c(O)c4c(c(O)c32)C(=O)c2ccccc2C4=O)CC(O)C1OCc1ccccc1. The molecule has 0 radical (unpaired) electrons. The maximum absolute atomic E-state index is 13.5. The van der Waals surface area contributed by atoms with E-state index in [0.29, 0.717) is 0 Å². The number of carbonyl (C=O) groups is 3. The van der Waals surface area contributed by atoms with Gasteiger partial charge in [-0.25, -0.2) is 0 Å². The number of benzene rings is 3. The summed E-state index contributed by atoms with van der Waals surface area (Å²) in [6, 6.07) is 15.4. The van der Waals surface area contributed by atoms with Crippen molar-refractivity contribution in [2.24, 2.45) is 0 Å². The molecule has 5 N–H and O–H groups in total. The lowest BCUT2D eigenvalue weighted by Crippen LogP contribution is -2.51. The zero-order chi connectivity index (χ0) is 31.3. The molecule has 1 heterocycles. The van der Waals surface area contributed by atoms with Crippen molar-refractivity contribution >= 4 is 17.3 Å². The van der Waals surface area contributed by atoms with Crippen LogP contribution in [0, 0.1) is 0 Å². The summed E-state index contributed by atoms with van der Waals surface area (Å²) < 4.78 is 18.1. The monoisotopic (exact) mass is 604 g/mol. The molecule has 1 saturated heterocycles. The summed E-state index contributed by atoms with van der Waals surface area (Å²) in [5, 5.41) is 54.8. The summed E-state index contributed by atoms with van der Waals surface area (Å²) in [7, 11) is 0. The highest BCUT2D eigenvalue weighted by atomic mass is 16.7. The molecular formula is C33H32O11. The van der Waals surface area contributed by atoms with Crippen molar-refractivity contribution in [1.29, 1.82) is 0 Å². The van der Waals surface area contributed by atoms with Gasteiger partial charge in [0.05, 0.1) is 36.0 Å². The van der Waals surface area contributed by atoms with Crippen molar-refractivity contribution in [1.82, 2.24) is 0 Å². The Morgan fingerprint density at radius 2 is 1.59 bits per heavy atom. The third kappa shape index (κ3) is 5.01. The van der Waals surface area contributed by atoms with E-state index in [1.165, 1.54) is 12.1 Å². The van der Waals surface area contributed by atoms with Gasteiger partial charge in [-0.05, 0) is 12.5 Å². The van der Waals surface area contributed by atoms with Gasteiger partial charge in [0.15, 0.2) is 23.6 Å². The van der Waals surface area contributed by atoms with Gasteiger partial charge in [0, 0.05) is 41.5 Å². The van der Waals surface area contributed by atoms with E-state index in [9.17, 15) is 39.9 Å². The molecule has 0 amide bonds. The fourth-order valence-electron chi connectivity index (χ4n) is 6.46. The van der Waals surface area contributed by atoms with E-state index in [4.69, 9.17) is 14.2 Å². The lowest BCUT2D eigenvalue weighted by atomic mass is 9.72. The minimum absolute atomic E-state index is 0.0348. The van der Waals surface area contributed by atoms with Crippen LogP contribution in [0.5, 0.6) is 11.5 Å². The molecule has 11 nitrogen and oxygen atoms in total. The number of aromatic hydroxyl groups is 2. The Kier molecular flexibility index (Phi) is 7.87. The van der Waals surface area contributed by atoms with Crippen molar-refractivity contribution in [2.45, 2.75) is 69.1 Å². The molecule has 44 heavy (non-hydrogen) atoms. The maximum atomic E-state index is 13.5. The predicted octanol–water partition coefficient (Wildman–Crippen LogP) is 2.25. The molecule has 230 valence electrons. The van der Waals surface area contributed by atoms with Gasteiger partial charge in [-0.15, -0.1) is 0 Å². The Balaban J connectivity index is 1.34. The molecule has 11 heteroatoms. The van der Waals surface area contributed by atoms with Crippen LogP contribution in [0.4, 0.5) is 0 Å². The molecule has 0 bridgehead atoms. The Bertz CT molecular complexity index is 1620. The standard InChI is InChI=1S/C33H32O11/c1-16-32(42-15-17-7-3-2-4-8-17)21(35)11-24(43-16)44-22-13-33(41,23(36)14-34)12-20-25(22)31(40)27-26(30(20)39)28(37)18-9-5-6-10-19(18)29(27)38/h2-10,16,21-22,24,32,34-35,39-41H,11-15H2,1H3/t16?,21?,22-,24?,32?,33?/m1/s1. The number of phenolic OH excluding ortho intramolecular Hbond substituents is 2. The first kappa shape index (κ1) is 30.1. The van der Waals surface area contributed by atoms with Crippen molar-refractivity contribution in [3.63, 3.8) is 0 Å². The quantitative estimate of drug-likeness (QED) is 0.195. The number of phenols is 2. The van der Waals surface area contributed by atoms with Crippen LogP contribution < -0.4 is 0 Å². The topological polar surface area (TPSA) is 180 Å². The molecule has 1 fully saturated rings. The van der Waals surface area contributed by atoms with E-state index in [0.717, 1.165) is 5.56 Å². The van der Waals surface area contributed by atoms with Gasteiger partial charge in [-0.1, -0.05) is 54.6 Å². The van der Waals surface area contributed by atoms with Crippen molar-refractivity contribution in [3.8, 4) is 11.5 Å². The molecule has 3 aromatic carbocycles. The molecule has 5 unspecified atom stereocenters. The highest BCUT2D eigenvalue weighted by Gasteiger charge is 2.50. The molecule has 0 spiro atoms. The zero-order valence-corrected chi connectivity index (χ0v) is 23.8. The van der Waals surface area contributed by atoms with Gasteiger partial charge < -0.3 is 39.7 Å². The fourth-order valence-corrected chi connectivity index (χ4v) is 6.46. The minimum Gasteiger partial charge on any atom is -0.507 e. The van der Waals surface area contributed by atoms with E-state index in [-0.39, 0.29) is 35.3 Å². The predicted molar refractivity (Wildman–Crippen MR) is 152 cm³/mol. The number of ether oxygens (including phenoxy) is 3. The molecule has 2 aliphatic carbocycles. The van der Waals surface area contributed by atoms with E-state index >= 15 is 0 Å². The molecule has 6 rings (SSSR count).